The Morgan fingerprint density at radius 3 is 3.14 bits per heavy atom. The molecular weight excluding hydrogens is 194 g/mol. The summed E-state index contributed by atoms with van der Waals surface area (Å²) in [6.07, 6.45) is 8.23. The fraction of sp³-hybridized carbons (Fsp3) is 0.636. The van der Waals surface area contributed by atoms with Crippen LogP contribution in [0.2, 0.25) is 0 Å². The molecule has 2 rings (SSSR count). The topological polar surface area (TPSA) is 30.0 Å². The van der Waals surface area contributed by atoms with Gasteiger partial charge in [-0.3, -0.25) is 9.78 Å². The third kappa shape index (κ3) is 2.41. The number of ketones is 1. The molecule has 0 amide bonds. The highest BCUT2D eigenvalue weighted by Crippen LogP contribution is 2.24. The third-order valence-corrected chi connectivity index (χ3v) is 3.66. The van der Waals surface area contributed by atoms with Gasteiger partial charge in [0.15, 0.2) is 0 Å². The molecule has 1 heterocycles. The summed E-state index contributed by atoms with van der Waals surface area (Å²) in [5.41, 5.74) is 1.84. The standard InChI is InChI=1S/C11H15NOS/c13-11-5-3-1-2-4-9(11)6-10-7-12-8-14-10/h7-9H,1-6H2. The molecule has 0 N–H and O–H groups in total. The molecule has 1 unspecified atom stereocenters. The number of Topliss-reactive ketones (excluding diaryl/α,β-unsaturated/α-hetero) is 1. The molecule has 0 bridgehead atoms. The molecule has 1 aliphatic rings. The Morgan fingerprint density at radius 2 is 2.36 bits per heavy atom. The van der Waals surface area contributed by atoms with Crippen LogP contribution in [0, 0.1) is 5.92 Å². The smallest absolute Gasteiger partial charge is 0.136 e. The van der Waals surface area contributed by atoms with Crippen molar-refractivity contribution in [1.82, 2.24) is 4.98 Å². The van der Waals surface area contributed by atoms with Crippen LogP contribution < -0.4 is 0 Å². The van der Waals surface area contributed by atoms with Crippen LogP contribution in [0.15, 0.2) is 11.7 Å². The quantitative estimate of drug-likeness (QED) is 0.701. The number of carbonyl (C=O) groups is 1. The van der Waals surface area contributed by atoms with Gasteiger partial charge in [-0.2, -0.15) is 0 Å². The van der Waals surface area contributed by atoms with Gasteiger partial charge in [0.1, 0.15) is 5.78 Å². The van der Waals surface area contributed by atoms with Crippen LogP contribution in [0.1, 0.15) is 37.0 Å². The highest BCUT2D eigenvalue weighted by atomic mass is 32.1. The first-order valence-electron chi connectivity index (χ1n) is 5.26. The largest absolute Gasteiger partial charge is 0.299 e. The molecule has 1 aromatic rings. The van der Waals surface area contributed by atoms with E-state index in [9.17, 15) is 4.79 Å². The van der Waals surface area contributed by atoms with Crippen LogP contribution in [0.25, 0.3) is 0 Å². The van der Waals surface area contributed by atoms with E-state index in [-0.39, 0.29) is 5.92 Å². The Balaban J connectivity index is 1.98. The summed E-state index contributed by atoms with van der Waals surface area (Å²) < 4.78 is 0. The summed E-state index contributed by atoms with van der Waals surface area (Å²) >= 11 is 1.66. The van der Waals surface area contributed by atoms with E-state index in [0.717, 1.165) is 25.7 Å². The minimum atomic E-state index is 0.276. The molecule has 2 nitrogen and oxygen atoms in total. The molecule has 1 fully saturated rings. The summed E-state index contributed by atoms with van der Waals surface area (Å²) in [7, 11) is 0. The maximum atomic E-state index is 11.7. The van der Waals surface area contributed by atoms with Crippen molar-refractivity contribution < 1.29 is 4.79 Å². The van der Waals surface area contributed by atoms with Gasteiger partial charge in [-0.15, -0.1) is 11.3 Å². The van der Waals surface area contributed by atoms with Crippen LogP contribution in [-0.2, 0) is 11.2 Å². The molecule has 0 aliphatic heterocycles. The van der Waals surface area contributed by atoms with Gasteiger partial charge >= 0.3 is 0 Å². The lowest BCUT2D eigenvalue weighted by Gasteiger charge is -2.10. The second kappa shape index (κ2) is 4.69. The average molecular weight is 209 g/mol. The van der Waals surface area contributed by atoms with Gasteiger partial charge in [-0.25, -0.2) is 0 Å². The minimum Gasteiger partial charge on any atom is -0.299 e. The number of hydrogen-bond acceptors (Lipinski definition) is 3. The number of aromatic nitrogens is 1. The van der Waals surface area contributed by atoms with Crippen molar-refractivity contribution in [2.24, 2.45) is 5.92 Å². The monoisotopic (exact) mass is 209 g/mol. The summed E-state index contributed by atoms with van der Waals surface area (Å²) in [5.74, 6) is 0.744. The first-order chi connectivity index (χ1) is 6.86. The van der Waals surface area contributed by atoms with Crippen LogP contribution in [-0.4, -0.2) is 10.8 Å². The number of thiazole rings is 1. The van der Waals surface area contributed by atoms with Crippen LogP contribution in [0.5, 0.6) is 0 Å². The first kappa shape index (κ1) is 9.84. The lowest BCUT2D eigenvalue weighted by Crippen LogP contribution is -2.14. The predicted octanol–water partition coefficient (Wildman–Crippen LogP) is 2.84. The third-order valence-electron chi connectivity index (χ3n) is 2.86. The summed E-state index contributed by atoms with van der Waals surface area (Å²) in [6.45, 7) is 0. The molecule has 1 atom stereocenters. The van der Waals surface area contributed by atoms with E-state index in [2.05, 4.69) is 4.98 Å². The fourth-order valence-electron chi connectivity index (χ4n) is 2.03. The Labute approximate surface area is 88.4 Å². The molecule has 0 spiro atoms. The Bertz CT molecular complexity index is 294. The summed E-state index contributed by atoms with van der Waals surface area (Å²) in [5, 5.41) is 0. The molecular formula is C11H15NOS. The van der Waals surface area contributed by atoms with Crippen molar-refractivity contribution in [3.8, 4) is 0 Å². The van der Waals surface area contributed by atoms with Crippen molar-refractivity contribution >= 4 is 17.1 Å². The van der Waals surface area contributed by atoms with Gasteiger partial charge in [0.05, 0.1) is 5.51 Å². The molecule has 1 saturated carbocycles. The van der Waals surface area contributed by atoms with Crippen LogP contribution in [0.4, 0.5) is 0 Å². The molecule has 1 aliphatic carbocycles. The minimum absolute atomic E-state index is 0.276. The molecule has 0 saturated heterocycles. The second-order valence-electron chi connectivity index (χ2n) is 3.93. The van der Waals surface area contributed by atoms with E-state index in [1.165, 1.54) is 17.7 Å². The molecule has 0 aromatic carbocycles. The highest BCUT2D eigenvalue weighted by molar-refractivity contribution is 7.09. The van der Waals surface area contributed by atoms with Gasteiger partial charge in [0, 0.05) is 23.4 Å². The molecule has 0 radical (unpaired) electrons. The maximum absolute atomic E-state index is 11.7. The molecule has 3 heteroatoms. The van der Waals surface area contributed by atoms with Gasteiger partial charge < -0.3 is 0 Å². The van der Waals surface area contributed by atoms with Crippen molar-refractivity contribution in [2.45, 2.75) is 38.5 Å². The van der Waals surface area contributed by atoms with E-state index in [1.54, 1.807) is 11.3 Å². The highest BCUT2D eigenvalue weighted by Gasteiger charge is 2.21. The van der Waals surface area contributed by atoms with Gasteiger partial charge in [-0.05, 0) is 19.3 Å². The van der Waals surface area contributed by atoms with E-state index < -0.39 is 0 Å². The maximum Gasteiger partial charge on any atom is 0.136 e. The normalized spacial score (nSPS) is 23.4. The van der Waals surface area contributed by atoms with E-state index in [4.69, 9.17) is 0 Å². The summed E-state index contributed by atoms with van der Waals surface area (Å²) in [4.78, 5) is 17.0. The first-order valence-corrected chi connectivity index (χ1v) is 6.14. The van der Waals surface area contributed by atoms with E-state index in [0.29, 0.717) is 5.78 Å². The van der Waals surface area contributed by atoms with Gasteiger partial charge in [0.2, 0.25) is 0 Å². The van der Waals surface area contributed by atoms with E-state index >= 15 is 0 Å². The Kier molecular flexibility index (Phi) is 3.30. The van der Waals surface area contributed by atoms with E-state index in [1.807, 2.05) is 11.7 Å². The lowest BCUT2D eigenvalue weighted by atomic mass is 9.95. The number of hydrogen-bond donors (Lipinski definition) is 0. The van der Waals surface area contributed by atoms with Crippen LogP contribution >= 0.6 is 11.3 Å². The average Bonchev–Trinajstić information content (AvgIpc) is 2.60. The van der Waals surface area contributed by atoms with Crippen molar-refractivity contribution in [1.29, 1.82) is 0 Å². The Morgan fingerprint density at radius 1 is 1.43 bits per heavy atom. The zero-order chi connectivity index (χ0) is 9.80. The number of carbonyl (C=O) groups excluding carboxylic acids is 1. The molecule has 14 heavy (non-hydrogen) atoms. The number of nitrogens with zero attached hydrogens (tertiary/aromatic N) is 1. The van der Waals surface area contributed by atoms with Crippen LogP contribution in [0.3, 0.4) is 0 Å². The predicted molar refractivity (Wildman–Crippen MR) is 57.4 cm³/mol. The lowest BCUT2D eigenvalue weighted by molar-refractivity contribution is -0.122. The zero-order valence-corrected chi connectivity index (χ0v) is 9.05. The SMILES string of the molecule is O=C1CCCCCC1Cc1cncs1. The van der Waals surface area contributed by atoms with Gasteiger partial charge in [-0.1, -0.05) is 12.8 Å². The van der Waals surface area contributed by atoms with Gasteiger partial charge in [0.25, 0.3) is 0 Å². The molecule has 1 aromatic heterocycles. The Hall–Kier alpha value is -0.700. The zero-order valence-electron chi connectivity index (χ0n) is 8.24. The number of rotatable bonds is 2. The van der Waals surface area contributed by atoms with Crippen molar-refractivity contribution in [2.75, 3.05) is 0 Å². The molecule has 76 valence electrons. The van der Waals surface area contributed by atoms with Crippen molar-refractivity contribution in [3.63, 3.8) is 0 Å². The van der Waals surface area contributed by atoms with Crippen molar-refractivity contribution in [3.05, 3.63) is 16.6 Å². The second-order valence-corrected chi connectivity index (χ2v) is 4.91. The fourth-order valence-corrected chi connectivity index (χ4v) is 2.71. The summed E-state index contributed by atoms with van der Waals surface area (Å²) in [6, 6.07) is 0.